The molecule has 1 aromatic rings. The van der Waals surface area contributed by atoms with E-state index in [2.05, 4.69) is 24.6 Å². The predicted octanol–water partition coefficient (Wildman–Crippen LogP) is 4.69. The Bertz CT molecular complexity index is 354. The van der Waals surface area contributed by atoms with E-state index in [1.165, 1.54) is 25.7 Å². The average Bonchev–Trinajstić information content (AvgIpc) is 2.83. The Morgan fingerprint density at radius 3 is 2.67 bits per heavy atom. The highest BCUT2D eigenvalue weighted by atomic mass is 16.1. The van der Waals surface area contributed by atoms with Gasteiger partial charge in [0.25, 0.3) is 0 Å². The first-order valence-corrected chi connectivity index (χ1v) is 7.40. The van der Waals surface area contributed by atoms with E-state index in [1.54, 1.807) is 0 Å². The van der Waals surface area contributed by atoms with Crippen LogP contribution in [-0.2, 0) is 6.54 Å². The van der Waals surface area contributed by atoms with Gasteiger partial charge < -0.3 is 4.57 Å². The van der Waals surface area contributed by atoms with Gasteiger partial charge in [-0.15, -0.1) is 0 Å². The summed E-state index contributed by atoms with van der Waals surface area (Å²) >= 11 is 0. The molecule has 2 heteroatoms. The van der Waals surface area contributed by atoms with Crippen molar-refractivity contribution in [3.63, 3.8) is 0 Å². The third-order valence-electron chi connectivity index (χ3n) is 3.56. The molecular weight excluding hydrogens is 222 g/mol. The van der Waals surface area contributed by atoms with Crippen molar-refractivity contribution in [2.24, 2.45) is 5.92 Å². The van der Waals surface area contributed by atoms with Crippen molar-refractivity contribution in [2.75, 3.05) is 0 Å². The molecule has 0 aromatic carbocycles. The number of hydrogen-bond acceptors (Lipinski definition) is 1. The van der Waals surface area contributed by atoms with Gasteiger partial charge >= 0.3 is 0 Å². The number of hydrogen-bond donors (Lipinski definition) is 0. The molecule has 1 rings (SSSR count). The summed E-state index contributed by atoms with van der Waals surface area (Å²) in [5.41, 5.74) is 0.877. The van der Waals surface area contributed by atoms with E-state index < -0.39 is 0 Å². The molecule has 0 aliphatic heterocycles. The van der Waals surface area contributed by atoms with E-state index in [4.69, 9.17) is 0 Å². The van der Waals surface area contributed by atoms with Crippen LogP contribution in [0.3, 0.4) is 0 Å². The molecule has 0 aliphatic carbocycles. The first-order chi connectivity index (χ1) is 8.71. The number of rotatable bonds is 9. The van der Waals surface area contributed by atoms with Crippen molar-refractivity contribution in [1.29, 1.82) is 0 Å². The quantitative estimate of drug-likeness (QED) is 0.582. The van der Waals surface area contributed by atoms with Crippen LogP contribution >= 0.6 is 0 Å². The minimum Gasteiger partial charge on any atom is -0.353 e. The van der Waals surface area contributed by atoms with Crippen LogP contribution in [0, 0.1) is 5.92 Å². The number of carbonyl (C=O) groups excluding carboxylic acids is 1. The number of Topliss-reactive ketones (excluding diaryl/α,β-unsaturated/α-hetero) is 1. The Balaban J connectivity index is 2.54. The van der Waals surface area contributed by atoms with Gasteiger partial charge in [0.15, 0.2) is 5.78 Å². The minimum atomic E-state index is 0.276. The van der Waals surface area contributed by atoms with E-state index >= 15 is 0 Å². The zero-order chi connectivity index (χ0) is 13.4. The second-order valence-electron chi connectivity index (χ2n) is 5.19. The average molecular weight is 249 g/mol. The molecule has 0 fully saturated rings. The lowest BCUT2D eigenvalue weighted by molar-refractivity contribution is 0.0981. The molecule has 102 valence electrons. The summed E-state index contributed by atoms with van der Waals surface area (Å²) in [6, 6.07) is 1.96. The maximum atomic E-state index is 11.8. The summed E-state index contributed by atoms with van der Waals surface area (Å²) in [7, 11) is 0. The Morgan fingerprint density at radius 1 is 1.28 bits per heavy atom. The number of ketones is 1. The third-order valence-corrected chi connectivity index (χ3v) is 3.56. The molecule has 1 heterocycles. The van der Waals surface area contributed by atoms with Crippen LogP contribution in [0.25, 0.3) is 0 Å². The lowest BCUT2D eigenvalue weighted by Gasteiger charge is -2.15. The molecule has 1 unspecified atom stereocenters. The molecule has 0 spiro atoms. The standard InChI is InChI=1S/C16H27NO/c1-4-7-9-14(6-3)12-17-11-10-15(13-17)16(18)8-5-2/h10-11,13-14H,4-9,12H2,1-3H3. The maximum Gasteiger partial charge on any atom is 0.164 e. The van der Waals surface area contributed by atoms with Crippen molar-refractivity contribution in [3.05, 3.63) is 24.0 Å². The SMILES string of the molecule is CCCCC(CC)Cn1ccc(C(=O)CCC)c1. The molecule has 0 N–H and O–H groups in total. The van der Waals surface area contributed by atoms with Gasteiger partial charge in [-0.05, 0) is 24.8 Å². The van der Waals surface area contributed by atoms with Gasteiger partial charge in [0.1, 0.15) is 0 Å². The van der Waals surface area contributed by atoms with Crippen LogP contribution in [0.15, 0.2) is 18.5 Å². The molecule has 18 heavy (non-hydrogen) atoms. The topological polar surface area (TPSA) is 22.0 Å². The van der Waals surface area contributed by atoms with Crippen LogP contribution in [0.2, 0.25) is 0 Å². The number of nitrogens with zero attached hydrogens (tertiary/aromatic N) is 1. The maximum absolute atomic E-state index is 11.8. The van der Waals surface area contributed by atoms with E-state index in [0.717, 1.165) is 24.4 Å². The first kappa shape index (κ1) is 15.0. The summed E-state index contributed by atoms with van der Waals surface area (Å²) in [4.78, 5) is 11.8. The lowest BCUT2D eigenvalue weighted by Crippen LogP contribution is -2.08. The van der Waals surface area contributed by atoms with Crippen LogP contribution in [0.5, 0.6) is 0 Å². The fourth-order valence-electron chi connectivity index (χ4n) is 2.31. The van der Waals surface area contributed by atoms with Crippen LogP contribution in [0.4, 0.5) is 0 Å². The van der Waals surface area contributed by atoms with Gasteiger partial charge in [0.2, 0.25) is 0 Å². The molecule has 1 aromatic heterocycles. The van der Waals surface area contributed by atoms with Crippen LogP contribution in [-0.4, -0.2) is 10.4 Å². The molecule has 0 saturated carbocycles. The molecule has 2 nitrogen and oxygen atoms in total. The molecule has 0 radical (unpaired) electrons. The lowest BCUT2D eigenvalue weighted by atomic mass is 9.99. The summed E-state index contributed by atoms with van der Waals surface area (Å²) in [6.07, 6.45) is 10.8. The summed E-state index contributed by atoms with van der Waals surface area (Å²) in [6.45, 7) is 7.60. The van der Waals surface area contributed by atoms with Gasteiger partial charge in [-0.1, -0.05) is 40.0 Å². The van der Waals surface area contributed by atoms with Crippen molar-refractivity contribution in [2.45, 2.75) is 65.8 Å². The zero-order valence-corrected chi connectivity index (χ0v) is 12.1. The number of carbonyl (C=O) groups is 1. The third kappa shape index (κ3) is 4.67. The fourth-order valence-corrected chi connectivity index (χ4v) is 2.31. The Kier molecular flexibility index (Phi) is 6.77. The van der Waals surface area contributed by atoms with E-state index in [9.17, 15) is 4.79 Å². The van der Waals surface area contributed by atoms with Crippen LogP contribution in [0.1, 0.15) is 69.7 Å². The summed E-state index contributed by atoms with van der Waals surface area (Å²) in [5, 5.41) is 0. The molecular formula is C16H27NO. The summed E-state index contributed by atoms with van der Waals surface area (Å²) in [5.74, 6) is 1.02. The number of unbranched alkanes of at least 4 members (excludes halogenated alkanes) is 1. The monoisotopic (exact) mass is 249 g/mol. The first-order valence-electron chi connectivity index (χ1n) is 7.40. The number of aromatic nitrogens is 1. The fraction of sp³-hybridized carbons (Fsp3) is 0.688. The minimum absolute atomic E-state index is 0.276. The highest BCUT2D eigenvalue weighted by Crippen LogP contribution is 2.16. The Labute approximate surface area is 111 Å². The largest absolute Gasteiger partial charge is 0.353 e. The van der Waals surface area contributed by atoms with E-state index in [-0.39, 0.29) is 5.78 Å². The van der Waals surface area contributed by atoms with Crippen molar-refractivity contribution in [3.8, 4) is 0 Å². The van der Waals surface area contributed by atoms with Gasteiger partial charge in [-0.25, -0.2) is 0 Å². The molecule has 1 atom stereocenters. The second kappa shape index (κ2) is 8.12. The molecule has 0 amide bonds. The second-order valence-corrected chi connectivity index (χ2v) is 5.19. The summed E-state index contributed by atoms with van der Waals surface area (Å²) < 4.78 is 2.19. The smallest absolute Gasteiger partial charge is 0.164 e. The van der Waals surface area contributed by atoms with E-state index in [0.29, 0.717) is 6.42 Å². The zero-order valence-electron chi connectivity index (χ0n) is 12.1. The molecule has 0 bridgehead atoms. The van der Waals surface area contributed by atoms with Crippen molar-refractivity contribution in [1.82, 2.24) is 4.57 Å². The van der Waals surface area contributed by atoms with Gasteiger partial charge in [-0.2, -0.15) is 0 Å². The van der Waals surface area contributed by atoms with Crippen molar-refractivity contribution < 1.29 is 4.79 Å². The van der Waals surface area contributed by atoms with Crippen molar-refractivity contribution >= 4 is 5.78 Å². The predicted molar refractivity (Wildman–Crippen MR) is 77.0 cm³/mol. The van der Waals surface area contributed by atoms with Crippen LogP contribution < -0.4 is 0 Å². The Hall–Kier alpha value is -1.05. The van der Waals surface area contributed by atoms with Gasteiger partial charge in [0.05, 0.1) is 0 Å². The Morgan fingerprint density at radius 2 is 2.06 bits per heavy atom. The highest BCUT2D eigenvalue weighted by Gasteiger charge is 2.09. The highest BCUT2D eigenvalue weighted by molar-refractivity contribution is 5.95. The molecule has 0 aliphatic rings. The normalized spacial score (nSPS) is 12.6. The van der Waals surface area contributed by atoms with E-state index in [1.807, 2.05) is 19.2 Å². The van der Waals surface area contributed by atoms with Gasteiger partial charge in [0, 0.05) is 30.9 Å². The molecule has 0 saturated heterocycles. The van der Waals surface area contributed by atoms with Gasteiger partial charge in [-0.3, -0.25) is 4.79 Å².